The fourth-order valence-corrected chi connectivity index (χ4v) is 2.91. The number of carbonyl (C=O) groups excluding carboxylic acids is 1. The molecule has 1 saturated heterocycles. The van der Waals surface area contributed by atoms with E-state index in [0.717, 1.165) is 0 Å². The van der Waals surface area contributed by atoms with Gasteiger partial charge in [-0.25, -0.2) is 5.14 Å². The van der Waals surface area contributed by atoms with Crippen molar-refractivity contribution in [1.82, 2.24) is 9.21 Å². The van der Waals surface area contributed by atoms with E-state index >= 15 is 0 Å². The van der Waals surface area contributed by atoms with Crippen LogP contribution in [-0.2, 0) is 10.2 Å². The van der Waals surface area contributed by atoms with E-state index in [9.17, 15) is 13.2 Å². The molecule has 1 aromatic rings. The zero-order valence-electron chi connectivity index (χ0n) is 11.9. The molecule has 0 unspecified atom stereocenters. The Bertz CT molecular complexity index is 610. The van der Waals surface area contributed by atoms with Gasteiger partial charge in [0.2, 0.25) is 0 Å². The van der Waals surface area contributed by atoms with Crippen molar-refractivity contribution in [3.8, 4) is 5.75 Å². The second kappa shape index (κ2) is 6.42. The van der Waals surface area contributed by atoms with E-state index in [0.29, 0.717) is 31.0 Å². The summed E-state index contributed by atoms with van der Waals surface area (Å²) in [7, 11) is -3.69. The van der Waals surface area contributed by atoms with Gasteiger partial charge in [0.25, 0.3) is 16.1 Å². The Morgan fingerprint density at radius 2 is 1.86 bits per heavy atom. The number of amides is 1. The molecule has 0 saturated carbocycles. The smallest absolute Gasteiger partial charge is 0.277 e. The number of ether oxygens (including phenoxy) is 1. The van der Waals surface area contributed by atoms with E-state index in [1.807, 2.05) is 6.92 Å². The molecule has 1 aliphatic heterocycles. The number of rotatable bonds is 4. The molecule has 0 bridgehead atoms. The fourth-order valence-electron chi connectivity index (χ4n) is 2.24. The number of piperazine rings is 1. The lowest BCUT2D eigenvalue weighted by molar-refractivity contribution is 0.0693. The molecule has 8 heteroatoms. The highest BCUT2D eigenvalue weighted by atomic mass is 32.2. The van der Waals surface area contributed by atoms with Crippen LogP contribution in [0.25, 0.3) is 0 Å². The van der Waals surface area contributed by atoms with E-state index < -0.39 is 10.2 Å². The van der Waals surface area contributed by atoms with Crippen LogP contribution >= 0.6 is 0 Å². The summed E-state index contributed by atoms with van der Waals surface area (Å²) in [5.74, 6) is 0.381. The fraction of sp³-hybridized carbons (Fsp3) is 0.462. The van der Waals surface area contributed by atoms with Gasteiger partial charge in [0.05, 0.1) is 12.2 Å². The summed E-state index contributed by atoms with van der Waals surface area (Å²) in [5.41, 5.74) is 0.489. The third-order valence-electron chi connectivity index (χ3n) is 3.30. The lowest BCUT2D eigenvalue weighted by Gasteiger charge is -2.33. The highest BCUT2D eigenvalue weighted by Crippen LogP contribution is 2.20. The maximum Gasteiger partial charge on any atom is 0.277 e. The van der Waals surface area contributed by atoms with Crippen molar-refractivity contribution < 1.29 is 17.9 Å². The molecule has 0 aliphatic carbocycles. The molecule has 2 rings (SSSR count). The molecule has 0 radical (unpaired) electrons. The maximum absolute atomic E-state index is 12.5. The number of carbonyl (C=O) groups is 1. The number of hydrogen-bond donors (Lipinski definition) is 1. The Labute approximate surface area is 124 Å². The molecule has 0 spiro atoms. The van der Waals surface area contributed by atoms with Gasteiger partial charge in [0.1, 0.15) is 5.75 Å². The molecule has 1 aliphatic rings. The molecule has 21 heavy (non-hydrogen) atoms. The molecule has 7 nitrogen and oxygen atoms in total. The van der Waals surface area contributed by atoms with Crippen molar-refractivity contribution in [1.29, 1.82) is 0 Å². The van der Waals surface area contributed by atoms with Crippen LogP contribution in [0.15, 0.2) is 24.3 Å². The summed E-state index contributed by atoms with van der Waals surface area (Å²) in [6, 6.07) is 7.04. The molecule has 1 aromatic carbocycles. The van der Waals surface area contributed by atoms with Crippen molar-refractivity contribution in [2.24, 2.45) is 5.14 Å². The van der Waals surface area contributed by atoms with Crippen molar-refractivity contribution in [2.45, 2.75) is 6.92 Å². The topological polar surface area (TPSA) is 92.9 Å². The van der Waals surface area contributed by atoms with Crippen LogP contribution in [0.2, 0.25) is 0 Å². The maximum atomic E-state index is 12.5. The average Bonchev–Trinajstić information content (AvgIpc) is 2.47. The molecule has 116 valence electrons. The first kappa shape index (κ1) is 15.7. The van der Waals surface area contributed by atoms with Gasteiger partial charge in [-0.05, 0) is 19.1 Å². The third-order valence-corrected chi connectivity index (χ3v) is 4.39. The SMILES string of the molecule is CCOc1ccccc1C(=O)N1CCN(S(N)(=O)=O)CC1. The van der Waals surface area contributed by atoms with Crippen LogP contribution < -0.4 is 9.88 Å². The lowest BCUT2D eigenvalue weighted by Crippen LogP contribution is -2.52. The minimum atomic E-state index is -3.69. The second-order valence-corrected chi connectivity index (χ2v) is 6.21. The van der Waals surface area contributed by atoms with E-state index in [2.05, 4.69) is 0 Å². The molecule has 1 fully saturated rings. The van der Waals surface area contributed by atoms with E-state index in [-0.39, 0.29) is 19.0 Å². The van der Waals surface area contributed by atoms with Crippen LogP contribution in [-0.4, -0.2) is 56.3 Å². The highest BCUT2D eigenvalue weighted by Gasteiger charge is 2.28. The predicted molar refractivity (Wildman–Crippen MR) is 78.2 cm³/mol. The summed E-state index contributed by atoms with van der Waals surface area (Å²) in [4.78, 5) is 14.1. The van der Waals surface area contributed by atoms with Gasteiger partial charge in [-0.2, -0.15) is 12.7 Å². The van der Waals surface area contributed by atoms with Crippen LogP contribution in [0.3, 0.4) is 0 Å². The van der Waals surface area contributed by atoms with Gasteiger partial charge in [-0.15, -0.1) is 0 Å². The first-order valence-corrected chi connectivity index (χ1v) is 8.22. The number of nitrogens with zero attached hydrogens (tertiary/aromatic N) is 2. The van der Waals surface area contributed by atoms with Crippen molar-refractivity contribution in [3.05, 3.63) is 29.8 Å². The average molecular weight is 313 g/mol. The standard InChI is InChI=1S/C13H19N3O4S/c1-2-20-12-6-4-3-5-11(12)13(17)15-7-9-16(10-8-15)21(14,18)19/h3-6H,2,7-10H2,1H3,(H2,14,18,19). The number of hydrogen-bond acceptors (Lipinski definition) is 4. The summed E-state index contributed by atoms with van der Waals surface area (Å²) >= 11 is 0. The van der Waals surface area contributed by atoms with Crippen LogP contribution in [0.4, 0.5) is 0 Å². The van der Waals surface area contributed by atoms with E-state index in [1.54, 1.807) is 29.2 Å². The van der Waals surface area contributed by atoms with Crippen LogP contribution in [0.5, 0.6) is 5.75 Å². The quantitative estimate of drug-likeness (QED) is 0.850. The summed E-state index contributed by atoms with van der Waals surface area (Å²) in [5, 5.41) is 5.08. The Kier molecular flexibility index (Phi) is 4.81. The summed E-state index contributed by atoms with van der Waals surface area (Å²) < 4.78 is 29.1. The normalized spacial score (nSPS) is 16.8. The number of benzene rings is 1. The molecule has 0 aromatic heterocycles. The van der Waals surface area contributed by atoms with Crippen molar-refractivity contribution in [2.75, 3.05) is 32.8 Å². The van der Waals surface area contributed by atoms with Gasteiger partial charge in [-0.1, -0.05) is 12.1 Å². The number of para-hydroxylation sites is 1. The predicted octanol–water partition coefficient (Wildman–Crippen LogP) is 0.0466. The van der Waals surface area contributed by atoms with Crippen molar-refractivity contribution >= 4 is 16.1 Å². The van der Waals surface area contributed by atoms with Crippen molar-refractivity contribution in [3.63, 3.8) is 0 Å². The zero-order valence-corrected chi connectivity index (χ0v) is 12.7. The first-order valence-electron chi connectivity index (χ1n) is 6.72. The second-order valence-electron chi connectivity index (χ2n) is 4.67. The number of nitrogens with two attached hydrogens (primary N) is 1. The summed E-state index contributed by atoms with van der Waals surface area (Å²) in [6.45, 7) is 3.38. The Balaban J connectivity index is 2.09. The van der Waals surface area contributed by atoms with Gasteiger partial charge in [-0.3, -0.25) is 4.79 Å². The van der Waals surface area contributed by atoms with Crippen LogP contribution in [0.1, 0.15) is 17.3 Å². The van der Waals surface area contributed by atoms with E-state index in [4.69, 9.17) is 9.88 Å². The zero-order chi connectivity index (χ0) is 15.5. The van der Waals surface area contributed by atoms with Gasteiger partial charge < -0.3 is 9.64 Å². The largest absolute Gasteiger partial charge is 0.493 e. The molecule has 1 amide bonds. The van der Waals surface area contributed by atoms with Gasteiger partial charge in [0.15, 0.2) is 0 Å². The third kappa shape index (κ3) is 3.72. The minimum Gasteiger partial charge on any atom is -0.493 e. The van der Waals surface area contributed by atoms with Gasteiger partial charge in [0, 0.05) is 26.2 Å². The lowest BCUT2D eigenvalue weighted by atomic mass is 10.1. The van der Waals surface area contributed by atoms with Crippen LogP contribution in [0, 0.1) is 0 Å². The monoisotopic (exact) mass is 313 g/mol. The van der Waals surface area contributed by atoms with Gasteiger partial charge >= 0.3 is 0 Å². The summed E-state index contributed by atoms with van der Waals surface area (Å²) in [6.07, 6.45) is 0. The Morgan fingerprint density at radius 1 is 1.24 bits per heavy atom. The highest BCUT2D eigenvalue weighted by molar-refractivity contribution is 7.86. The Hall–Kier alpha value is -1.64. The minimum absolute atomic E-state index is 0.159. The molecular weight excluding hydrogens is 294 g/mol. The molecule has 0 atom stereocenters. The molecule has 1 heterocycles. The first-order chi connectivity index (χ1) is 9.93. The molecule has 2 N–H and O–H groups in total. The molecular formula is C13H19N3O4S. The Morgan fingerprint density at radius 3 is 2.43 bits per heavy atom. The van der Waals surface area contributed by atoms with E-state index in [1.165, 1.54) is 4.31 Å².